The van der Waals surface area contributed by atoms with Crippen LogP contribution in [0.25, 0.3) is 0 Å². The summed E-state index contributed by atoms with van der Waals surface area (Å²) in [6, 6.07) is 9.00. The van der Waals surface area contributed by atoms with Gasteiger partial charge in [-0.3, -0.25) is 4.90 Å². The monoisotopic (exact) mass is 284 g/mol. The van der Waals surface area contributed by atoms with Gasteiger partial charge in [-0.1, -0.05) is 42.0 Å². The number of rotatable bonds is 4. The maximum atomic E-state index is 2.68. The summed E-state index contributed by atoms with van der Waals surface area (Å²) in [6.45, 7) is 9.50. The molecule has 114 valence electrons. The van der Waals surface area contributed by atoms with Crippen molar-refractivity contribution in [2.45, 2.75) is 32.7 Å². The molecule has 2 aliphatic rings. The fourth-order valence-corrected chi connectivity index (χ4v) is 3.47. The van der Waals surface area contributed by atoms with Gasteiger partial charge in [0.25, 0.3) is 0 Å². The molecular formula is C19H28N2. The first kappa shape index (κ1) is 14.8. The van der Waals surface area contributed by atoms with Gasteiger partial charge in [-0.25, -0.2) is 0 Å². The average Bonchev–Trinajstić information content (AvgIpc) is 2.53. The number of nitrogens with zero attached hydrogens (tertiary/aromatic N) is 2. The number of piperazine rings is 1. The van der Waals surface area contributed by atoms with E-state index in [-0.39, 0.29) is 0 Å². The van der Waals surface area contributed by atoms with Gasteiger partial charge in [0.2, 0.25) is 0 Å². The quantitative estimate of drug-likeness (QED) is 0.781. The van der Waals surface area contributed by atoms with Crippen LogP contribution in [0.4, 0.5) is 0 Å². The van der Waals surface area contributed by atoms with Crippen LogP contribution >= 0.6 is 0 Å². The average molecular weight is 284 g/mol. The number of hydrogen-bond acceptors (Lipinski definition) is 2. The molecule has 1 aromatic carbocycles. The van der Waals surface area contributed by atoms with Crippen LogP contribution in [-0.4, -0.2) is 42.5 Å². The fraction of sp³-hybridized carbons (Fsp3) is 0.579. The van der Waals surface area contributed by atoms with Crippen LogP contribution in [0.5, 0.6) is 0 Å². The Hall–Kier alpha value is -1.12. The number of benzene rings is 1. The maximum Gasteiger partial charge on any atom is 0.0234 e. The summed E-state index contributed by atoms with van der Waals surface area (Å²) in [5.41, 5.74) is 2.80. The lowest BCUT2D eigenvalue weighted by Gasteiger charge is -2.36. The van der Waals surface area contributed by atoms with Gasteiger partial charge in [0.1, 0.15) is 0 Å². The van der Waals surface area contributed by atoms with E-state index in [1.807, 2.05) is 0 Å². The van der Waals surface area contributed by atoms with E-state index >= 15 is 0 Å². The maximum absolute atomic E-state index is 2.68. The molecule has 0 radical (unpaired) electrons. The summed E-state index contributed by atoms with van der Waals surface area (Å²) in [7, 11) is 0. The molecule has 1 aromatic rings. The molecule has 1 saturated heterocycles. The van der Waals surface area contributed by atoms with Crippen molar-refractivity contribution in [2.75, 3.05) is 32.7 Å². The molecule has 0 amide bonds. The van der Waals surface area contributed by atoms with Crippen LogP contribution in [0.1, 0.15) is 30.4 Å². The van der Waals surface area contributed by atoms with Gasteiger partial charge in [-0.2, -0.15) is 0 Å². The van der Waals surface area contributed by atoms with E-state index in [0.29, 0.717) is 0 Å². The molecule has 1 aliphatic carbocycles. The molecule has 0 N–H and O–H groups in total. The molecule has 1 atom stereocenters. The number of aryl methyl sites for hydroxylation is 1. The lowest BCUT2D eigenvalue weighted by atomic mass is 9.94. The SMILES string of the molecule is Cc1ccc(CN2CCN(C[C@H]3CC=CCC3)CC2)cc1. The second-order valence-electron chi connectivity index (χ2n) is 6.71. The molecule has 21 heavy (non-hydrogen) atoms. The summed E-state index contributed by atoms with van der Waals surface area (Å²) >= 11 is 0. The van der Waals surface area contributed by atoms with Gasteiger partial charge in [0, 0.05) is 39.3 Å². The van der Waals surface area contributed by atoms with Crippen molar-refractivity contribution in [1.82, 2.24) is 9.80 Å². The third kappa shape index (κ3) is 4.42. The molecule has 0 bridgehead atoms. The Balaban J connectivity index is 1.42. The Kier molecular flexibility index (Phi) is 5.10. The second-order valence-corrected chi connectivity index (χ2v) is 6.71. The molecule has 1 heterocycles. The minimum atomic E-state index is 0.902. The largest absolute Gasteiger partial charge is 0.301 e. The topological polar surface area (TPSA) is 6.48 Å². The first-order valence-electron chi connectivity index (χ1n) is 8.45. The first-order valence-corrected chi connectivity index (χ1v) is 8.45. The molecule has 3 rings (SSSR count). The fourth-order valence-electron chi connectivity index (χ4n) is 3.47. The van der Waals surface area contributed by atoms with Crippen LogP contribution in [0.3, 0.4) is 0 Å². The van der Waals surface area contributed by atoms with E-state index in [4.69, 9.17) is 0 Å². The van der Waals surface area contributed by atoms with Crippen LogP contribution in [0.2, 0.25) is 0 Å². The Bertz CT molecular complexity index is 455. The Morgan fingerprint density at radius 1 is 0.952 bits per heavy atom. The van der Waals surface area contributed by atoms with E-state index in [9.17, 15) is 0 Å². The summed E-state index contributed by atoms with van der Waals surface area (Å²) in [5, 5.41) is 0. The van der Waals surface area contributed by atoms with Crippen molar-refractivity contribution in [3.05, 3.63) is 47.5 Å². The van der Waals surface area contributed by atoms with Gasteiger partial charge in [0.05, 0.1) is 0 Å². The predicted octanol–water partition coefficient (Wildman–Crippen LogP) is 3.47. The highest BCUT2D eigenvalue weighted by molar-refractivity contribution is 5.21. The van der Waals surface area contributed by atoms with Crippen molar-refractivity contribution in [3.63, 3.8) is 0 Å². The third-order valence-corrected chi connectivity index (χ3v) is 4.89. The molecule has 0 aromatic heterocycles. The summed E-state index contributed by atoms with van der Waals surface area (Å²) < 4.78 is 0. The Morgan fingerprint density at radius 2 is 1.67 bits per heavy atom. The first-order chi connectivity index (χ1) is 10.3. The Morgan fingerprint density at radius 3 is 2.33 bits per heavy atom. The smallest absolute Gasteiger partial charge is 0.0234 e. The van der Waals surface area contributed by atoms with Gasteiger partial charge in [-0.05, 0) is 37.7 Å². The van der Waals surface area contributed by atoms with E-state index in [1.54, 1.807) is 0 Å². The Labute approximate surface area is 129 Å². The van der Waals surface area contributed by atoms with Crippen LogP contribution < -0.4 is 0 Å². The highest BCUT2D eigenvalue weighted by atomic mass is 15.3. The number of allylic oxidation sites excluding steroid dienone is 2. The molecular weight excluding hydrogens is 256 g/mol. The van der Waals surface area contributed by atoms with Crippen molar-refractivity contribution in [1.29, 1.82) is 0 Å². The highest BCUT2D eigenvalue weighted by Gasteiger charge is 2.20. The lowest BCUT2D eigenvalue weighted by Crippen LogP contribution is -2.47. The minimum Gasteiger partial charge on any atom is -0.301 e. The molecule has 2 nitrogen and oxygen atoms in total. The molecule has 1 fully saturated rings. The van der Waals surface area contributed by atoms with E-state index in [2.05, 4.69) is 53.1 Å². The molecule has 0 unspecified atom stereocenters. The predicted molar refractivity (Wildman–Crippen MR) is 89.4 cm³/mol. The summed E-state index contributed by atoms with van der Waals surface area (Å²) in [4.78, 5) is 5.28. The van der Waals surface area contributed by atoms with Crippen molar-refractivity contribution in [2.24, 2.45) is 5.92 Å². The van der Waals surface area contributed by atoms with E-state index in [1.165, 1.54) is 63.1 Å². The normalized spacial score (nSPS) is 24.3. The van der Waals surface area contributed by atoms with Gasteiger partial charge >= 0.3 is 0 Å². The van der Waals surface area contributed by atoms with Crippen LogP contribution in [0, 0.1) is 12.8 Å². The van der Waals surface area contributed by atoms with E-state index in [0.717, 1.165) is 12.5 Å². The van der Waals surface area contributed by atoms with Crippen LogP contribution in [-0.2, 0) is 6.54 Å². The molecule has 0 saturated carbocycles. The second kappa shape index (κ2) is 7.24. The zero-order valence-corrected chi connectivity index (χ0v) is 13.3. The summed E-state index contributed by atoms with van der Waals surface area (Å²) in [5.74, 6) is 0.902. The third-order valence-electron chi connectivity index (χ3n) is 4.89. The molecule has 0 spiro atoms. The van der Waals surface area contributed by atoms with Crippen molar-refractivity contribution in [3.8, 4) is 0 Å². The molecule has 2 heteroatoms. The standard InChI is InChI=1S/C19H28N2/c1-17-7-9-19(10-8-17)16-21-13-11-20(12-14-21)15-18-5-3-2-4-6-18/h2-3,7-10,18H,4-6,11-16H2,1H3/t18-/m0/s1. The minimum absolute atomic E-state index is 0.902. The van der Waals surface area contributed by atoms with E-state index < -0.39 is 0 Å². The summed E-state index contributed by atoms with van der Waals surface area (Å²) in [6.07, 6.45) is 8.69. The zero-order valence-electron chi connectivity index (χ0n) is 13.3. The van der Waals surface area contributed by atoms with Crippen molar-refractivity contribution < 1.29 is 0 Å². The van der Waals surface area contributed by atoms with Gasteiger partial charge in [-0.15, -0.1) is 0 Å². The van der Waals surface area contributed by atoms with Gasteiger partial charge < -0.3 is 4.90 Å². The van der Waals surface area contributed by atoms with Gasteiger partial charge in [0.15, 0.2) is 0 Å². The zero-order chi connectivity index (χ0) is 14.5. The number of hydrogen-bond donors (Lipinski definition) is 0. The van der Waals surface area contributed by atoms with Crippen molar-refractivity contribution >= 4 is 0 Å². The van der Waals surface area contributed by atoms with Crippen LogP contribution in [0.15, 0.2) is 36.4 Å². The highest BCUT2D eigenvalue weighted by Crippen LogP contribution is 2.20. The lowest BCUT2D eigenvalue weighted by molar-refractivity contribution is 0.111. The molecule has 1 aliphatic heterocycles.